The molecule has 0 aliphatic carbocycles. The molecular weight excluding hydrogens is 262 g/mol. The second kappa shape index (κ2) is 6.38. The third-order valence-corrected chi connectivity index (χ3v) is 2.29. The van der Waals surface area contributed by atoms with E-state index in [9.17, 15) is 9.59 Å². The van der Waals surface area contributed by atoms with Crippen molar-refractivity contribution in [3.8, 4) is 5.75 Å². The second-order valence-electron chi connectivity index (χ2n) is 5.36. The van der Waals surface area contributed by atoms with E-state index in [0.29, 0.717) is 5.75 Å². The van der Waals surface area contributed by atoms with Crippen molar-refractivity contribution in [3.05, 3.63) is 29.8 Å². The molecule has 0 aromatic heterocycles. The molecule has 1 aromatic carbocycles. The summed E-state index contributed by atoms with van der Waals surface area (Å²) < 4.78 is 10.00. The Morgan fingerprint density at radius 3 is 2.25 bits per heavy atom. The maximum atomic E-state index is 11.4. The van der Waals surface area contributed by atoms with Crippen LogP contribution in [0.1, 0.15) is 26.3 Å². The van der Waals surface area contributed by atoms with Gasteiger partial charge in [-0.3, -0.25) is 4.79 Å². The van der Waals surface area contributed by atoms with Crippen LogP contribution in [-0.2, 0) is 16.0 Å². The van der Waals surface area contributed by atoms with Crippen LogP contribution in [0.15, 0.2) is 24.3 Å². The fraction of sp³-hybridized carbons (Fsp3) is 0.429. The third-order valence-electron chi connectivity index (χ3n) is 2.29. The minimum absolute atomic E-state index is 0.210. The first-order valence-corrected chi connectivity index (χ1v) is 6.15. The van der Waals surface area contributed by atoms with Gasteiger partial charge in [-0.05, 0) is 44.9 Å². The SMILES string of the molecule is CC(C)(C)OC(=O)Oc1ccc(CC(N)C(=O)O)cc1. The van der Waals surface area contributed by atoms with Crippen LogP contribution < -0.4 is 10.5 Å². The average Bonchev–Trinajstić information content (AvgIpc) is 2.28. The van der Waals surface area contributed by atoms with Crippen molar-refractivity contribution >= 4 is 12.1 Å². The molecule has 20 heavy (non-hydrogen) atoms. The molecule has 110 valence electrons. The Morgan fingerprint density at radius 2 is 1.80 bits per heavy atom. The van der Waals surface area contributed by atoms with Crippen LogP contribution in [0, 0.1) is 0 Å². The van der Waals surface area contributed by atoms with E-state index in [0.717, 1.165) is 5.56 Å². The molecular formula is C14H19NO5. The van der Waals surface area contributed by atoms with Crippen molar-refractivity contribution in [3.63, 3.8) is 0 Å². The fourth-order valence-electron chi connectivity index (χ4n) is 1.40. The summed E-state index contributed by atoms with van der Waals surface area (Å²) in [5.41, 5.74) is 5.56. The molecule has 0 heterocycles. The van der Waals surface area contributed by atoms with Crippen molar-refractivity contribution in [2.45, 2.75) is 38.8 Å². The first-order chi connectivity index (χ1) is 9.17. The lowest BCUT2D eigenvalue weighted by molar-refractivity contribution is -0.138. The van der Waals surface area contributed by atoms with Crippen LogP contribution in [0.3, 0.4) is 0 Å². The van der Waals surface area contributed by atoms with Gasteiger partial charge >= 0.3 is 12.1 Å². The van der Waals surface area contributed by atoms with Gasteiger partial charge in [0.15, 0.2) is 0 Å². The highest BCUT2D eigenvalue weighted by molar-refractivity contribution is 5.73. The van der Waals surface area contributed by atoms with E-state index in [1.54, 1.807) is 45.0 Å². The van der Waals surface area contributed by atoms with Gasteiger partial charge in [0.2, 0.25) is 0 Å². The van der Waals surface area contributed by atoms with E-state index in [1.165, 1.54) is 0 Å². The highest BCUT2D eigenvalue weighted by atomic mass is 16.7. The lowest BCUT2D eigenvalue weighted by atomic mass is 10.1. The molecule has 0 radical (unpaired) electrons. The molecule has 0 saturated carbocycles. The van der Waals surface area contributed by atoms with Gasteiger partial charge in [0.05, 0.1) is 0 Å². The monoisotopic (exact) mass is 281 g/mol. The summed E-state index contributed by atoms with van der Waals surface area (Å²) in [7, 11) is 0. The summed E-state index contributed by atoms with van der Waals surface area (Å²) in [6, 6.07) is 5.49. The highest BCUT2D eigenvalue weighted by Crippen LogP contribution is 2.16. The molecule has 1 unspecified atom stereocenters. The number of carbonyl (C=O) groups is 2. The standard InChI is InChI=1S/C14H19NO5/c1-14(2,3)20-13(18)19-10-6-4-9(5-7-10)8-11(15)12(16)17/h4-7,11H,8,15H2,1-3H3,(H,16,17). The summed E-state index contributed by atoms with van der Waals surface area (Å²) in [6.45, 7) is 5.22. The Bertz CT molecular complexity index is 475. The number of carboxylic acid groups (broad SMARTS) is 1. The van der Waals surface area contributed by atoms with Crippen LogP contribution in [0.2, 0.25) is 0 Å². The van der Waals surface area contributed by atoms with Crippen LogP contribution in [0.5, 0.6) is 5.75 Å². The van der Waals surface area contributed by atoms with Crippen molar-refractivity contribution in [2.75, 3.05) is 0 Å². The zero-order valence-electron chi connectivity index (χ0n) is 11.8. The summed E-state index contributed by atoms with van der Waals surface area (Å²) in [4.78, 5) is 22.1. The largest absolute Gasteiger partial charge is 0.514 e. The fourth-order valence-corrected chi connectivity index (χ4v) is 1.40. The molecule has 1 rings (SSSR count). The number of hydrogen-bond acceptors (Lipinski definition) is 5. The minimum Gasteiger partial charge on any atom is -0.480 e. The minimum atomic E-state index is -1.06. The van der Waals surface area contributed by atoms with Crippen molar-refractivity contribution < 1.29 is 24.2 Å². The van der Waals surface area contributed by atoms with E-state index in [1.807, 2.05) is 0 Å². The predicted octanol–water partition coefficient (Wildman–Crippen LogP) is 1.95. The third kappa shape index (κ3) is 5.71. The van der Waals surface area contributed by atoms with E-state index in [-0.39, 0.29) is 6.42 Å². The topological polar surface area (TPSA) is 98.9 Å². The number of benzene rings is 1. The number of carboxylic acids is 1. The van der Waals surface area contributed by atoms with Gasteiger partial charge in [0.1, 0.15) is 17.4 Å². The Hall–Kier alpha value is -2.08. The Labute approximate surface area is 117 Å². The van der Waals surface area contributed by atoms with E-state index in [2.05, 4.69) is 0 Å². The predicted molar refractivity (Wildman–Crippen MR) is 72.6 cm³/mol. The highest BCUT2D eigenvalue weighted by Gasteiger charge is 2.18. The van der Waals surface area contributed by atoms with Gasteiger partial charge in [-0.25, -0.2) is 4.79 Å². The molecule has 0 amide bonds. The van der Waals surface area contributed by atoms with Crippen molar-refractivity contribution in [2.24, 2.45) is 5.73 Å². The van der Waals surface area contributed by atoms with Crippen LogP contribution >= 0.6 is 0 Å². The lowest BCUT2D eigenvalue weighted by Crippen LogP contribution is -2.32. The summed E-state index contributed by atoms with van der Waals surface area (Å²) >= 11 is 0. The number of rotatable bonds is 4. The number of nitrogens with two attached hydrogens (primary N) is 1. The van der Waals surface area contributed by atoms with E-state index in [4.69, 9.17) is 20.3 Å². The second-order valence-corrected chi connectivity index (χ2v) is 5.36. The molecule has 3 N–H and O–H groups in total. The molecule has 6 nitrogen and oxygen atoms in total. The van der Waals surface area contributed by atoms with Crippen LogP contribution in [-0.4, -0.2) is 28.9 Å². The molecule has 0 spiro atoms. The van der Waals surface area contributed by atoms with Gasteiger partial charge < -0.3 is 20.3 Å². The molecule has 0 fully saturated rings. The Balaban J connectivity index is 2.59. The molecule has 0 bridgehead atoms. The molecule has 0 aliphatic heterocycles. The number of aliphatic carboxylic acids is 1. The first-order valence-electron chi connectivity index (χ1n) is 6.15. The lowest BCUT2D eigenvalue weighted by Gasteiger charge is -2.18. The molecule has 0 saturated heterocycles. The molecule has 6 heteroatoms. The normalized spacial score (nSPS) is 12.6. The molecule has 0 aliphatic rings. The summed E-state index contributed by atoms with van der Waals surface area (Å²) in [5.74, 6) is -0.731. The van der Waals surface area contributed by atoms with Gasteiger partial charge in [-0.15, -0.1) is 0 Å². The van der Waals surface area contributed by atoms with E-state index >= 15 is 0 Å². The Morgan fingerprint density at radius 1 is 1.25 bits per heavy atom. The maximum Gasteiger partial charge on any atom is 0.514 e. The maximum absolute atomic E-state index is 11.4. The number of carbonyl (C=O) groups excluding carboxylic acids is 1. The van der Waals surface area contributed by atoms with Crippen LogP contribution in [0.4, 0.5) is 4.79 Å². The first kappa shape index (κ1) is 16.0. The smallest absolute Gasteiger partial charge is 0.480 e. The van der Waals surface area contributed by atoms with Gasteiger partial charge in [0, 0.05) is 0 Å². The van der Waals surface area contributed by atoms with E-state index < -0.39 is 23.8 Å². The zero-order chi connectivity index (χ0) is 15.3. The average molecular weight is 281 g/mol. The van der Waals surface area contributed by atoms with Crippen molar-refractivity contribution in [1.82, 2.24) is 0 Å². The zero-order valence-corrected chi connectivity index (χ0v) is 11.8. The van der Waals surface area contributed by atoms with Crippen molar-refractivity contribution in [1.29, 1.82) is 0 Å². The number of ether oxygens (including phenoxy) is 2. The molecule has 1 aromatic rings. The van der Waals surface area contributed by atoms with Gasteiger partial charge in [-0.2, -0.15) is 0 Å². The summed E-state index contributed by atoms with van der Waals surface area (Å²) in [5, 5.41) is 8.71. The van der Waals surface area contributed by atoms with Crippen LogP contribution in [0.25, 0.3) is 0 Å². The molecule has 1 atom stereocenters. The Kier molecular flexibility index (Phi) is 5.10. The van der Waals surface area contributed by atoms with Gasteiger partial charge in [0.25, 0.3) is 0 Å². The quantitative estimate of drug-likeness (QED) is 0.646. The number of hydrogen-bond donors (Lipinski definition) is 2. The summed E-state index contributed by atoms with van der Waals surface area (Å²) in [6.07, 6.45) is -0.574. The van der Waals surface area contributed by atoms with Gasteiger partial charge in [-0.1, -0.05) is 12.1 Å².